The molecule has 2 aromatic rings. The van der Waals surface area contributed by atoms with Crippen LogP contribution < -0.4 is 21.3 Å². The van der Waals surface area contributed by atoms with Gasteiger partial charge in [0.1, 0.15) is 5.75 Å². The van der Waals surface area contributed by atoms with Crippen molar-refractivity contribution >= 4 is 17.3 Å². The Balaban J connectivity index is 1.66. The van der Waals surface area contributed by atoms with Crippen molar-refractivity contribution in [2.45, 2.75) is 38.1 Å². The number of nitrogens with zero attached hydrogens (tertiary/aromatic N) is 2. The lowest BCUT2D eigenvalue weighted by Gasteiger charge is -2.32. The normalized spacial score (nSPS) is 20.8. The van der Waals surface area contributed by atoms with E-state index in [9.17, 15) is 18.0 Å². The summed E-state index contributed by atoms with van der Waals surface area (Å²) in [7, 11) is 3.46. The Kier molecular flexibility index (Phi) is 6.26. The minimum Gasteiger partial charge on any atom is -0.494 e. The Morgan fingerprint density at radius 3 is 2.52 bits per heavy atom. The lowest BCUT2D eigenvalue weighted by atomic mass is 10.0. The second-order valence-corrected chi connectivity index (χ2v) is 8.75. The van der Waals surface area contributed by atoms with Crippen LogP contribution in [0.15, 0.2) is 30.3 Å². The van der Waals surface area contributed by atoms with Crippen LogP contribution in [0.3, 0.4) is 0 Å². The summed E-state index contributed by atoms with van der Waals surface area (Å²) in [4.78, 5) is 17.4. The third-order valence-corrected chi connectivity index (χ3v) is 6.60. The zero-order chi connectivity index (χ0) is 23.9. The third-order valence-electron chi connectivity index (χ3n) is 6.60. The molecule has 0 saturated carbocycles. The van der Waals surface area contributed by atoms with Crippen LogP contribution in [0.5, 0.6) is 5.75 Å². The molecule has 178 valence electrons. The molecule has 10 heteroatoms. The van der Waals surface area contributed by atoms with Crippen LogP contribution in [-0.4, -0.2) is 55.0 Å². The standard InChI is InChI=1S/C23H28F3N5O2/c1-13-4-5-14(7-19(13)29-27)22(32)28-20-8-16(23(24,25)26)6-15(21(20)33-3)10-31-12-17-9-18(31)11-30(17)2/h4-8,17-18,29H,9-12,27H2,1-3H3,(H,28,32). The zero-order valence-corrected chi connectivity index (χ0v) is 18.8. The van der Waals surface area contributed by atoms with E-state index in [2.05, 4.69) is 27.6 Å². The van der Waals surface area contributed by atoms with Crippen molar-refractivity contribution in [2.24, 2.45) is 5.84 Å². The molecule has 0 aromatic heterocycles. The number of likely N-dealkylation sites (N-methyl/N-ethyl adjacent to an activating group) is 1. The monoisotopic (exact) mass is 463 g/mol. The average molecular weight is 464 g/mol. The molecule has 4 rings (SSSR count). The molecule has 2 fully saturated rings. The summed E-state index contributed by atoms with van der Waals surface area (Å²) in [6, 6.07) is 7.59. The number of rotatable bonds is 6. The number of ether oxygens (including phenoxy) is 1. The number of nitrogen functional groups attached to an aromatic ring is 1. The predicted molar refractivity (Wildman–Crippen MR) is 120 cm³/mol. The summed E-state index contributed by atoms with van der Waals surface area (Å²) < 4.78 is 46.6. The summed E-state index contributed by atoms with van der Waals surface area (Å²) in [5.41, 5.74) is 3.70. The number of hydrazine groups is 1. The van der Waals surface area contributed by atoms with Gasteiger partial charge in [0, 0.05) is 42.8 Å². The first-order valence-corrected chi connectivity index (χ1v) is 10.7. The van der Waals surface area contributed by atoms with Crippen LogP contribution in [0.4, 0.5) is 24.5 Å². The maximum atomic E-state index is 13.7. The van der Waals surface area contributed by atoms with Gasteiger partial charge in [0.15, 0.2) is 0 Å². The minimum absolute atomic E-state index is 0.0170. The molecular formula is C23H28F3N5O2. The molecule has 2 atom stereocenters. The number of piperazine rings is 1. The molecule has 2 aliphatic rings. The molecule has 2 heterocycles. The summed E-state index contributed by atoms with van der Waals surface area (Å²) in [5.74, 6) is 5.16. The second-order valence-electron chi connectivity index (χ2n) is 8.75. The Morgan fingerprint density at radius 2 is 1.94 bits per heavy atom. The maximum Gasteiger partial charge on any atom is 0.416 e. The molecule has 2 aliphatic heterocycles. The summed E-state index contributed by atoms with van der Waals surface area (Å²) in [6.45, 7) is 3.82. The fourth-order valence-electron chi connectivity index (χ4n) is 4.78. The van der Waals surface area contributed by atoms with Crippen molar-refractivity contribution in [3.8, 4) is 5.75 Å². The van der Waals surface area contributed by atoms with Crippen molar-refractivity contribution in [3.05, 3.63) is 52.6 Å². The number of likely N-dealkylation sites (tertiary alicyclic amines) is 2. The molecule has 2 bridgehead atoms. The maximum absolute atomic E-state index is 13.7. The van der Waals surface area contributed by atoms with Gasteiger partial charge < -0.3 is 20.4 Å². The number of nitrogens with two attached hydrogens (primary N) is 1. The zero-order valence-electron chi connectivity index (χ0n) is 18.8. The average Bonchev–Trinajstić information content (AvgIpc) is 3.32. The van der Waals surface area contributed by atoms with Gasteiger partial charge in [-0.2, -0.15) is 13.2 Å². The highest BCUT2D eigenvalue weighted by atomic mass is 19.4. The van der Waals surface area contributed by atoms with E-state index in [1.807, 2.05) is 6.92 Å². The number of hydrogen-bond acceptors (Lipinski definition) is 6. The number of benzene rings is 2. The summed E-state index contributed by atoms with van der Waals surface area (Å²) >= 11 is 0. The largest absolute Gasteiger partial charge is 0.494 e. The number of aryl methyl sites for hydroxylation is 1. The van der Waals surface area contributed by atoms with Crippen LogP contribution in [-0.2, 0) is 12.7 Å². The number of nitrogens with one attached hydrogen (secondary N) is 2. The molecule has 33 heavy (non-hydrogen) atoms. The van der Waals surface area contributed by atoms with Gasteiger partial charge in [-0.15, -0.1) is 0 Å². The van der Waals surface area contributed by atoms with Gasteiger partial charge in [-0.25, -0.2) is 0 Å². The molecule has 0 aliphatic carbocycles. The fraction of sp³-hybridized carbons (Fsp3) is 0.435. The number of methoxy groups -OCH3 is 1. The SMILES string of the molecule is COc1c(CN2CC3CC2CN3C)cc(C(F)(F)F)cc1NC(=O)c1ccc(C)c(NN)c1. The van der Waals surface area contributed by atoms with Gasteiger partial charge >= 0.3 is 6.18 Å². The first-order valence-electron chi connectivity index (χ1n) is 10.7. The Hall–Kier alpha value is -2.82. The fourth-order valence-corrected chi connectivity index (χ4v) is 4.78. The van der Waals surface area contributed by atoms with Gasteiger partial charge in [-0.3, -0.25) is 15.5 Å². The molecule has 2 saturated heterocycles. The van der Waals surface area contributed by atoms with E-state index >= 15 is 0 Å². The van der Waals surface area contributed by atoms with Crippen molar-refractivity contribution in [1.82, 2.24) is 9.80 Å². The number of hydrogen-bond donors (Lipinski definition) is 3. The molecule has 0 spiro atoms. The van der Waals surface area contributed by atoms with Crippen molar-refractivity contribution in [1.29, 1.82) is 0 Å². The number of alkyl halides is 3. The van der Waals surface area contributed by atoms with E-state index < -0.39 is 17.6 Å². The highest BCUT2D eigenvalue weighted by Crippen LogP contribution is 2.40. The number of halogens is 3. The molecular weight excluding hydrogens is 435 g/mol. The van der Waals surface area contributed by atoms with Crippen LogP contribution >= 0.6 is 0 Å². The second kappa shape index (κ2) is 8.85. The molecule has 0 radical (unpaired) electrons. The molecule has 4 N–H and O–H groups in total. The third kappa shape index (κ3) is 4.64. The summed E-state index contributed by atoms with van der Waals surface area (Å²) in [5, 5.41) is 2.61. The van der Waals surface area contributed by atoms with Gasteiger partial charge in [0.05, 0.1) is 24.0 Å². The van der Waals surface area contributed by atoms with Crippen LogP contribution in [0, 0.1) is 6.92 Å². The van der Waals surface area contributed by atoms with Gasteiger partial charge in [0.25, 0.3) is 5.91 Å². The highest BCUT2D eigenvalue weighted by molar-refractivity contribution is 6.05. The Bertz CT molecular complexity index is 1060. The first kappa shape index (κ1) is 23.3. The van der Waals surface area contributed by atoms with E-state index in [0.29, 0.717) is 29.9 Å². The van der Waals surface area contributed by atoms with Crippen molar-refractivity contribution in [2.75, 3.05) is 38.0 Å². The number of fused-ring (bicyclic) bond motifs is 2. The van der Waals surface area contributed by atoms with Crippen LogP contribution in [0.25, 0.3) is 0 Å². The first-order chi connectivity index (χ1) is 15.6. The van der Waals surface area contributed by atoms with E-state index in [-0.39, 0.29) is 17.0 Å². The van der Waals surface area contributed by atoms with E-state index in [0.717, 1.165) is 37.2 Å². The van der Waals surface area contributed by atoms with Crippen LogP contribution in [0.2, 0.25) is 0 Å². The van der Waals surface area contributed by atoms with E-state index in [1.165, 1.54) is 7.11 Å². The highest BCUT2D eigenvalue weighted by Gasteiger charge is 2.42. The quantitative estimate of drug-likeness (QED) is 0.450. The number of anilines is 2. The minimum atomic E-state index is -4.56. The molecule has 7 nitrogen and oxygen atoms in total. The molecule has 2 aromatic carbocycles. The van der Waals surface area contributed by atoms with E-state index in [4.69, 9.17) is 10.6 Å². The van der Waals surface area contributed by atoms with Gasteiger partial charge in [-0.1, -0.05) is 6.07 Å². The number of carbonyl (C=O) groups excluding carboxylic acids is 1. The molecule has 2 unspecified atom stereocenters. The predicted octanol–water partition coefficient (Wildman–Crippen LogP) is 3.45. The summed E-state index contributed by atoms with van der Waals surface area (Å²) in [6.07, 6.45) is -3.56. The van der Waals surface area contributed by atoms with Crippen LogP contribution in [0.1, 0.15) is 33.5 Å². The topological polar surface area (TPSA) is 82.9 Å². The lowest BCUT2D eigenvalue weighted by molar-refractivity contribution is -0.137. The van der Waals surface area contributed by atoms with Gasteiger partial charge in [-0.05, 0) is 50.2 Å². The Labute approximate surface area is 190 Å². The Morgan fingerprint density at radius 1 is 1.18 bits per heavy atom. The smallest absolute Gasteiger partial charge is 0.416 e. The van der Waals surface area contributed by atoms with E-state index in [1.54, 1.807) is 18.2 Å². The number of carbonyl (C=O) groups is 1. The number of amides is 1. The van der Waals surface area contributed by atoms with Crippen molar-refractivity contribution in [3.63, 3.8) is 0 Å². The van der Waals surface area contributed by atoms with Crippen molar-refractivity contribution < 1.29 is 22.7 Å². The molecule has 1 amide bonds. The van der Waals surface area contributed by atoms with Gasteiger partial charge in [0.2, 0.25) is 0 Å². The lowest BCUT2D eigenvalue weighted by Crippen LogP contribution is -2.44.